The molecule has 0 spiro atoms. The summed E-state index contributed by atoms with van der Waals surface area (Å²) in [7, 11) is 0. The highest BCUT2D eigenvalue weighted by atomic mass is 16.1. The van der Waals surface area contributed by atoms with Gasteiger partial charge in [-0.2, -0.15) is 9.61 Å². The quantitative estimate of drug-likeness (QED) is 0.597. The molecule has 12 heavy (non-hydrogen) atoms. The number of aromatic amines is 1. The van der Waals surface area contributed by atoms with Gasteiger partial charge in [0.1, 0.15) is 0 Å². The Labute approximate surface area is 68.0 Å². The van der Waals surface area contributed by atoms with Crippen LogP contribution in [0.1, 0.15) is 11.3 Å². The van der Waals surface area contributed by atoms with Gasteiger partial charge in [-0.15, -0.1) is 0 Å². The molecule has 0 aromatic carbocycles. The number of fused-ring (bicyclic) bond motifs is 1. The molecule has 62 valence electrons. The Morgan fingerprint density at radius 3 is 3.00 bits per heavy atom. The first-order valence-electron chi connectivity index (χ1n) is 3.59. The molecule has 1 N–H and O–H groups in total. The molecule has 0 unspecified atom stereocenters. The highest BCUT2D eigenvalue weighted by molar-refractivity contribution is 5.35. The summed E-state index contributed by atoms with van der Waals surface area (Å²) in [5.41, 5.74) is 1.87. The summed E-state index contributed by atoms with van der Waals surface area (Å²) in [6.07, 6.45) is 1.52. The van der Waals surface area contributed by atoms with E-state index in [1.165, 1.54) is 10.7 Å². The summed E-state index contributed by atoms with van der Waals surface area (Å²) in [6.45, 7) is 3.56. The molecule has 2 aromatic rings. The lowest BCUT2D eigenvalue weighted by Crippen LogP contribution is -2.19. The summed E-state index contributed by atoms with van der Waals surface area (Å²) < 4.78 is 1.32. The van der Waals surface area contributed by atoms with Gasteiger partial charge in [-0.25, -0.2) is 10.2 Å². The van der Waals surface area contributed by atoms with Gasteiger partial charge in [0.2, 0.25) is 0 Å². The zero-order valence-electron chi connectivity index (χ0n) is 6.83. The van der Waals surface area contributed by atoms with Gasteiger partial charge >= 0.3 is 0 Å². The Morgan fingerprint density at radius 1 is 1.50 bits per heavy atom. The van der Waals surface area contributed by atoms with E-state index < -0.39 is 0 Å². The molecule has 0 aliphatic rings. The zero-order chi connectivity index (χ0) is 8.72. The van der Waals surface area contributed by atoms with Gasteiger partial charge in [-0.3, -0.25) is 4.79 Å². The van der Waals surface area contributed by atoms with Crippen LogP contribution in [0.5, 0.6) is 0 Å². The molecule has 5 nitrogen and oxygen atoms in total. The van der Waals surface area contributed by atoms with E-state index in [1.54, 1.807) is 6.92 Å². The van der Waals surface area contributed by atoms with Crippen LogP contribution >= 0.6 is 0 Å². The van der Waals surface area contributed by atoms with Crippen LogP contribution in [0, 0.1) is 13.8 Å². The normalized spacial score (nSPS) is 10.8. The molecule has 0 amide bonds. The van der Waals surface area contributed by atoms with Crippen molar-refractivity contribution in [3.05, 3.63) is 27.8 Å². The first kappa shape index (κ1) is 7.02. The minimum Gasteiger partial charge on any atom is -0.267 e. The molecule has 2 heterocycles. The predicted octanol–water partition coefficient (Wildman–Crippen LogP) is 0.0344. The maximum absolute atomic E-state index is 11.5. The molecule has 0 atom stereocenters. The molecular weight excluding hydrogens is 156 g/mol. The monoisotopic (exact) mass is 164 g/mol. The number of hydrogen-bond acceptors (Lipinski definition) is 3. The van der Waals surface area contributed by atoms with Gasteiger partial charge in [-0.05, 0) is 13.8 Å². The SMILES string of the molecule is Cc1nc2cn[nH]n2c(=O)c1C. The summed E-state index contributed by atoms with van der Waals surface area (Å²) in [5.74, 6) is 0. The molecule has 0 saturated heterocycles. The Balaban J connectivity index is 3.05. The second kappa shape index (κ2) is 2.17. The average molecular weight is 164 g/mol. The third-order valence-electron chi connectivity index (χ3n) is 1.92. The maximum atomic E-state index is 11.5. The van der Waals surface area contributed by atoms with Crippen LogP contribution in [-0.2, 0) is 0 Å². The van der Waals surface area contributed by atoms with Gasteiger partial charge in [0.15, 0.2) is 5.65 Å². The van der Waals surface area contributed by atoms with Crippen molar-refractivity contribution >= 4 is 5.65 Å². The number of rotatable bonds is 0. The van der Waals surface area contributed by atoms with Crippen molar-refractivity contribution in [1.82, 2.24) is 19.8 Å². The lowest BCUT2D eigenvalue weighted by Gasteiger charge is -1.97. The molecule has 0 fully saturated rings. The standard InChI is InChI=1S/C7H8N4O/c1-4-5(2)9-6-3-8-10-11(6)7(4)12/h3,10H,1-2H3. The van der Waals surface area contributed by atoms with E-state index in [-0.39, 0.29) is 5.56 Å². The van der Waals surface area contributed by atoms with Crippen molar-refractivity contribution in [2.45, 2.75) is 13.8 Å². The summed E-state index contributed by atoms with van der Waals surface area (Å²) in [4.78, 5) is 15.6. The molecule has 0 aliphatic heterocycles. The molecule has 0 bridgehead atoms. The second-order valence-electron chi connectivity index (χ2n) is 2.68. The van der Waals surface area contributed by atoms with Crippen molar-refractivity contribution in [1.29, 1.82) is 0 Å². The Bertz CT molecular complexity index is 482. The lowest BCUT2D eigenvalue weighted by molar-refractivity contribution is 0.807. The van der Waals surface area contributed by atoms with Crippen LogP contribution in [0.25, 0.3) is 5.65 Å². The average Bonchev–Trinajstić information content (AvgIpc) is 2.48. The van der Waals surface area contributed by atoms with E-state index >= 15 is 0 Å². The largest absolute Gasteiger partial charge is 0.277 e. The summed E-state index contributed by atoms with van der Waals surface area (Å²) >= 11 is 0. The first-order valence-corrected chi connectivity index (χ1v) is 3.59. The van der Waals surface area contributed by atoms with Crippen LogP contribution in [0.2, 0.25) is 0 Å². The van der Waals surface area contributed by atoms with Crippen molar-refractivity contribution < 1.29 is 0 Å². The van der Waals surface area contributed by atoms with Crippen molar-refractivity contribution in [2.75, 3.05) is 0 Å². The third-order valence-corrected chi connectivity index (χ3v) is 1.92. The maximum Gasteiger partial charge on any atom is 0.277 e. The smallest absolute Gasteiger partial charge is 0.267 e. The van der Waals surface area contributed by atoms with Crippen LogP contribution in [0.15, 0.2) is 11.0 Å². The Hall–Kier alpha value is -1.65. The van der Waals surface area contributed by atoms with Crippen LogP contribution in [0.3, 0.4) is 0 Å². The predicted molar refractivity (Wildman–Crippen MR) is 43.1 cm³/mol. The Kier molecular flexibility index (Phi) is 1.27. The second-order valence-corrected chi connectivity index (χ2v) is 2.68. The van der Waals surface area contributed by atoms with Crippen LogP contribution < -0.4 is 5.56 Å². The molecular formula is C7H8N4O. The highest BCUT2D eigenvalue weighted by Crippen LogP contribution is 1.98. The lowest BCUT2D eigenvalue weighted by atomic mass is 10.3. The van der Waals surface area contributed by atoms with Gasteiger partial charge in [0, 0.05) is 11.3 Å². The molecule has 2 rings (SSSR count). The van der Waals surface area contributed by atoms with E-state index in [2.05, 4.69) is 15.3 Å². The van der Waals surface area contributed by atoms with Crippen molar-refractivity contribution in [3.8, 4) is 0 Å². The molecule has 0 aliphatic carbocycles. The number of aryl methyl sites for hydroxylation is 1. The summed E-state index contributed by atoms with van der Waals surface area (Å²) in [5, 5.41) is 6.27. The van der Waals surface area contributed by atoms with Gasteiger partial charge in [0.25, 0.3) is 5.56 Å². The first-order chi connectivity index (χ1) is 5.70. The van der Waals surface area contributed by atoms with E-state index in [0.717, 1.165) is 5.69 Å². The van der Waals surface area contributed by atoms with Crippen molar-refractivity contribution in [2.24, 2.45) is 0 Å². The van der Waals surface area contributed by atoms with Crippen LogP contribution in [-0.4, -0.2) is 19.8 Å². The van der Waals surface area contributed by atoms with E-state index in [9.17, 15) is 4.79 Å². The fraction of sp³-hybridized carbons (Fsp3) is 0.286. The topological polar surface area (TPSA) is 63.1 Å². The fourth-order valence-electron chi connectivity index (χ4n) is 1.06. The van der Waals surface area contributed by atoms with E-state index in [4.69, 9.17) is 0 Å². The third kappa shape index (κ3) is 0.761. The van der Waals surface area contributed by atoms with Gasteiger partial charge in [0.05, 0.1) is 6.20 Å². The minimum atomic E-state index is -0.0880. The van der Waals surface area contributed by atoms with Gasteiger partial charge < -0.3 is 0 Å². The molecule has 0 saturated carbocycles. The van der Waals surface area contributed by atoms with Crippen molar-refractivity contribution in [3.63, 3.8) is 0 Å². The molecule has 0 radical (unpaired) electrons. The number of aromatic nitrogens is 4. The molecule has 5 heteroatoms. The van der Waals surface area contributed by atoms with E-state index in [0.29, 0.717) is 11.2 Å². The van der Waals surface area contributed by atoms with E-state index in [1.807, 2.05) is 6.92 Å². The Morgan fingerprint density at radius 2 is 2.25 bits per heavy atom. The number of H-pyrrole nitrogens is 1. The number of nitrogens with zero attached hydrogens (tertiary/aromatic N) is 3. The van der Waals surface area contributed by atoms with Crippen LogP contribution in [0.4, 0.5) is 0 Å². The fourth-order valence-corrected chi connectivity index (χ4v) is 1.06. The highest BCUT2D eigenvalue weighted by Gasteiger charge is 2.04. The number of nitrogens with one attached hydrogen (secondary N) is 1. The zero-order valence-corrected chi connectivity index (χ0v) is 6.83. The summed E-state index contributed by atoms with van der Waals surface area (Å²) in [6, 6.07) is 0. The minimum absolute atomic E-state index is 0.0880. The van der Waals surface area contributed by atoms with Gasteiger partial charge in [-0.1, -0.05) is 0 Å². The number of hydrogen-bond donors (Lipinski definition) is 1. The molecule has 2 aromatic heterocycles.